The Morgan fingerprint density at radius 3 is 2.43 bits per heavy atom. The van der Waals surface area contributed by atoms with Crippen LogP contribution >= 0.6 is 0 Å². The number of rotatable bonds is 5. The van der Waals surface area contributed by atoms with Gasteiger partial charge in [-0.2, -0.15) is 0 Å². The van der Waals surface area contributed by atoms with Crippen molar-refractivity contribution >= 4 is 17.7 Å². The average molecular weight is 307 g/mol. The second-order valence-electron chi connectivity index (χ2n) is 4.73. The van der Waals surface area contributed by atoms with Gasteiger partial charge >= 0.3 is 5.97 Å². The van der Waals surface area contributed by atoms with E-state index in [0.717, 1.165) is 6.92 Å². The molecule has 5 unspecified atom stereocenters. The quantitative estimate of drug-likeness (QED) is 0.299. The molecule has 120 valence electrons. The summed E-state index contributed by atoms with van der Waals surface area (Å²) < 4.78 is 4.76. The van der Waals surface area contributed by atoms with E-state index < -0.39 is 60.8 Å². The van der Waals surface area contributed by atoms with Crippen molar-refractivity contribution in [1.29, 1.82) is 0 Å². The SMILES string of the molecule is CC(=O)NC1C(O)CC(O)(C(=O)O)OC1C(=O)C(O)CO. The molecule has 0 radical (unpaired) electrons. The lowest BCUT2D eigenvalue weighted by atomic mass is 9.89. The van der Waals surface area contributed by atoms with Crippen LogP contribution in [0.5, 0.6) is 0 Å². The minimum Gasteiger partial charge on any atom is -0.477 e. The Bertz CT molecular complexity index is 439. The molecule has 1 aliphatic heterocycles. The van der Waals surface area contributed by atoms with Crippen LogP contribution in [0, 0.1) is 0 Å². The van der Waals surface area contributed by atoms with Gasteiger partial charge in [-0.3, -0.25) is 9.59 Å². The van der Waals surface area contributed by atoms with E-state index >= 15 is 0 Å². The molecule has 1 fully saturated rings. The second kappa shape index (κ2) is 6.45. The number of carboxylic acids is 1. The lowest BCUT2D eigenvalue weighted by Crippen LogP contribution is -2.66. The number of ether oxygens (including phenoxy) is 1. The van der Waals surface area contributed by atoms with Crippen molar-refractivity contribution in [3.05, 3.63) is 0 Å². The molecule has 1 aliphatic rings. The van der Waals surface area contributed by atoms with Gasteiger partial charge in [-0.25, -0.2) is 4.79 Å². The van der Waals surface area contributed by atoms with Crippen LogP contribution in [-0.2, 0) is 19.1 Å². The van der Waals surface area contributed by atoms with Gasteiger partial charge in [0, 0.05) is 13.3 Å². The number of hydrogen-bond donors (Lipinski definition) is 6. The average Bonchev–Trinajstić information content (AvgIpc) is 2.39. The van der Waals surface area contributed by atoms with E-state index in [1.165, 1.54) is 0 Å². The Balaban J connectivity index is 3.10. The molecule has 21 heavy (non-hydrogen) atoms. The monoisotopic (exact) mass is 307 g/mol. The molecule has 0 bridgehead atoms. The summed E-state index contributed by atoms with van der Waals surface area (Å²) in [4.78, 5) is 33.9. The molecule has 1 rings (SSSR count). The number of Topliss-reactive ketones (excluding diaryl/α,β-unsaturated/α-hetero) is 1. The van der Waals surface area contributed by atoms with Gasteiger partial charge in [-0.15, -0.1) is 0 Å². The first-order valence-electron chi connectivity index (χ1n) is 6.03. The van der Waals surface area contributed by atoms with Gasteiger partial charge in [0.1, 0.15) is 12.2 Å². The number of amides is 1. The normalized spacial score (nSPS) is 34.0. The summed E-state index contributed by atoms with van der Waals surface area (Å²) in [6.45, 7) is 0.127. The van der Waals surface area contributed by atoms with E-state index in [0.29, 0.717) is 0 Å². The predicted octanol–water partition coefficient (Wildman–Crippen LogP) is -3.66. The van der Waals surface area contributed by atoms with Gasteiger partial charge in [0.25, 0.3) is 5.79 Å². The fourth-order valence-corrected chi connectivity index (χ4v) is 2.00. The summed E-state index contributed by atoms with van der Waals surface area (Å²) in [6.07, 6.45) is -6.13. The van der Waals surface area contributed by atoms with E-state index in [1.807, 2.05) is 0 Å². The second-order valence-corrected chi connectivity index (χ2v) is 4.73. The molecule has 1 heterocycles. The van der Waals surface area contributed by atoms with Crippen molar-refractivity contribution in [3.8, 4) is 0 Å². The van der Waals surface area contributed by atoms with E-state index in [1.54, 1.807) is 0 Å². The number of nitrogens with one attached hydrogen (secondary N) is 1. The topological polar surface area (TPSA) is 174 Å². The van der Waals surface area contributed by atoms with E-state index in [9.17, 15) is 29.7 Å². The maximum atomic E-state index is 11.9. The van der Waals surface area contributed by atoms with Gasteiger partial charge in [-0.05, 0) is 0 Å². The highest BCUT2D eigenvalue weighted by molar-refractivity contribution is 5.89. The Morgan fingerprint density at radius 2 is 2.00 bits per heavy atom. The molecule has 6 N–H and O–H groups in total. The minimum atomic E-state index is -2.84. The maximum Gasteiger partial charge on any atom is 0.364 e. The maximum absolute atomic E-state index is 11.9. The lowest BCUT2D eigenvalue weighted by molar-refractivity contribution is -0.272. The Kier molecular flexibility index (Phi) is 5.36. The van der Waals surface area contributed by atoms with Gasteiger partial charge in [0.05, 0.1) is 18.8 Å². The van der Waals surface area contributed by atoms with Crippen molar-refractivity contribution in [1.82, 2.24) is 5.32 Å². The first-order chi connectivity index (χ1) is 9.62. The molecule has 10 heteroatoms. The van der Waals surface area contributed by atoms with Gasteiger partial charge in [-0.1, -0.05) is 0 Å². The molecular formula is C11H17NO9. The Morgan fingerprint density at radius 1 is 1.43 bits per heavy atom. The van der Waals surface area contributed by atoms with E-state index in [-0.39, 0.29) is 0 Å². The first kappa shape index (κ1) is 17.5. The standard InChI is InChI=1S/C11H17NO9/c1-4(14)12-7-5(15)2-11(20,10(18)19)21-9(7)8(17)6(16)3-13/h5-7,9,13,15-16,20H,2-3H2,1H3,(H,12,14)(H,18,19). The third-order valence-electron chi connectivity index (χ3n) is 3.03. The molecule has 0 aliphatic carbocycles. The lowest BCUT2D eigenvalue weighted by Gasteiger charge is -2.41. The third kappa shape index (κ3) is 3.74. The number of aliphatic hydroxyl groups excluding tert-OH is 3. The Hall–Kier alpha value is -1.59. The highest BCUT2D eigenvalue weighted by Crippen LogP contribution is 2.29. The van der Waals surface area contributed by atoms with Crippen LogP contribution in [-0.4, -0.2) is 79.9 Å². The van der Waals surface area contributed by atoms with Crippen molar-refractivity contribution in [2.75, 3.05) is 6.61 Å². The van der Waals surface area contributed by atoms with Crippen LogP contribution in [0.4, 0.5) is 0 Å². The number of hydrogen-bond acceptors (Lipinski definition) is 8. The molecule has 0 aromatic rings. The van der Waals surface area contributed by atoms with Gasteiger partial charge < -0.3 is 35.6 Å². The first-order valence-corrected chi connectivity index (χ1v) is 6.03. The number of carboxylic acid groups (broad SMARTS) is 1. The molecule has 0 aromatic carbocycles. The Labute approximate surface area is 119 Å². The molecule has 1 amide bonds. The zero-order chi connectivity index (χ0) is 16.4. The summed E-state index contributed by atoms with van der Waals surface area (Å²) in [5.41, 5.74) is 0. The molecule has 5 atom stereocenters. The predicted molar refractivity (Wildman–Crippen MR) is 63.8 cm³/mol. The number of aliphatic hydroxyl groups is 4. The zero-order valence-corrected chi connectivity index (χ0v) is 11.1. The van der Waals surface area contributed by atoms with E-state index in [4.69, 9.17) is 14.9 Å². The third-order valence-corrected chi connectivity index (χ3v) is 3.03. The highest BCUT2D eigenvalue weighted by atomic mass is 16.7. The van der Waals surface area contributed by atoms with Gasteiger partial charge in [0.15, 0.2) is 5.78 Å². The molecule has 0 aromatic heterocycles. The molecule has 1 saturated heterocycles. The van der Waals surface area contributed by atoms with Crippen LogP contribution in [0.1, 0.15) is 13.3 Å². The fraction of sp³-hybridized carbons (Fsp3) is 0.727. The molecule has 0 saturated carbocycles. The van der Waals surface area contributed by atoms with Crippen molar-refractivity contribution in [3.63, 3.8) is 0 Å². The molecule has 10 nitrogen and oxygen atoms in total. The van der Waals surface area contributed by atoms with E-state index in [2.05, 4.69) is 5.32 Å². The number of carbonyl (C=O) groups excluding carboxylic acids is 2. The molecular weight excluding hydrogens is 290 g/mol. The summed E-state index contributed by atoms with van der Waals surface area (Å²) in [7, 11) is 0. The fourth-order valence-electron chi connectivity index (χ4n) is 2.00. The summed E-state index contributed by atoms with van der Waals surface area (Å²) in [5, 5.41) is 48.8. The van der Waals surface area contributed by atoms with Crippen LogP contribution in [0.2, 0.25) is 0 Å². The van der Waals surface area contributed by atoms with Gasteiger partial charge in [0.2, 0.25) is 5.91 Å². The van der Waals surface area contributed by atoms with Crippen molar-refractivity contribution in [2.45, 2.75) is 43.5 Å². The largest absolute Gasteiger partial charge is 0.477 e. The number of ketones is 1. The van der Waals surface area contributed by atoms with Crippen LogP contribution < -0.4 is 5.32 Å². The van der Waals surface area contributed by atoms with Crippen LogP contribution in [0.3, 0.4) is 0 Å². The summed E-state index contributed by atoms with van der Waals surface area (Å²) >= 11 is 0. The van der Waals surface area contributed by atoms with Crippen molar-refractivity contribution < 1.29 is 44.7 Å². The highest BCUT2D eigenvalue weighted by Gasteiger charge is 2.53. The number of carbonyl (C=O) groups is 3. The summed E-state index contributed by atoms with van der Waals surface area (Å²) in [6, 6.07) is -1.36. The molecule has 0 spiro atoms. The van der Waals surface area contributed by atoms with Crippen molar-refractivity contribution in [2.24, 2.45) is 0 Å². The minimum absolute atomic E-state index is 0.639. The summed E-state index contributed by atoms with van der Waals surface area (Å²) in [5.74, 6) is -6.49. The zero-order valence-electron chi connectivity index (χ0n) is 11.1. The van der Waals surface area contributed by atoms with Crippen LogP contribution in [0.15, 0.2) is 0 Å². The number of aliphatic carboxylic acids is 1. The smallest absolute Gasteiger partial charge is 0.364 e. The van der Waals surface area contributed by atoms with Crippen LogP contribution in [0.25, 0.3) is 0 Å².